The molecule has 1 amide bonds. The predicted octanol–water partition coefficient (Wildman–Crippen LogP) is 4.19. The summed E-state index contributed by atoms with van der Waals surface area (Å²) in [4.78, 5) is 16.3. The molecule has 0 radical (unpaired) electrons. The number of allylic oxidation sites excluding steroid dienone is 1. The lowest BCUT2D eigenvalue weighted by molar-refractivity contribution is -0.00397. The summed E-state index contributed by atoms with van der Waals surface area (Å²) in [6, 6.07) is 7.57. The highest BCUT2D eigenvalue weighted by atomic mass is 35.5. The number of piperazine rings is 1. The molecule has 1 aromatic rings. The van der Waals surface area contributed by atoms with E-state index in [1.54, 1.807) is 4.90 Å². The molecule has 32 heavy (non-hydrogen) atoms. The van der Waals surface area contributed by atoms with Crippen LogP contribution in [0.4, 0.5) is 4.79 Å². The lowest BCUT2D eigenvalue weighted by Gasteiger charge is -2.43. The zero-order valence-corrected chi connectivity index (χ0v) is 20.7. The van der Waals surface area contributed by atoms with E-state index in [2.05, 4.69) is 18.7 Å². The Morgan fingerprint density at radius 1 is 1.22 bits per heavy atom. The van der Waals surface area contributed by atoms with Crippen LogP contribution in [0.5, 0.6) is 0 Å². The summed E-state index contributed by atoms with van der Waals surface area (Å²) >= 11 is 6.10. The number of halogens is 1. The topological polar surface area (TPSA) is 73.2 Å². The van der Waals surface area contributed by atoms with Gasteiger partial charge in [-0.1, -0.05) is 37.6 Å². The van der Waals surface area contributed by atoms with E-state index in [0.717, 1.165) is 23.1 Å². The van der Waals surface area contributed by atoms with E-state index in [1.165, 1.54) is 0 Å². The zero-order valence-electron chi connectivity index (χ0n) is 19.9. The lowest BCUT2D eigenvalue weighted by atomic mass is 9.71. The van der Waals surface area contributed by atoms with Gasteiger partial charge in [0.05, 0.1) is 18.8 Å². The molecule has 0 unspecified atom stereocenters. The number of carbonyl (C=O) groups is 1. The van der Waals surface area contributed by atoms with E-state index in [9.17, 15) is 15.0 Å². The molecular weight excluding hydrogens is 428 g/mol. The van der Waals surface area contributed by atoms with Crippen LogP contribution in [-0.4, -0.2) is 76.6 Å². The van der Waals surface area contributed by atoms with Gasteiger partial charge in [-0.2, -0.15) is 0 Å². The third-order valence-electron chi connectivity index (χ3n) is 6.22. The molecule has 6 nitrogen and oxygen atoms in total. The summed E-state index contributed by atoms with van der Waals surface area (Å²) in [6.07, 6.45) is 0.660. The molecule has 1 heterocycles. The fraction of sp³-hybridized carbons (Fsp3) is 0.640. The summed E-state index contributed by atoms with van der Waals surface area (Å²) in [5, 5.41) is 21.8. The normalized spacial score (nSPS) is 24.6. The Bertz CT molecular complexity index is 844. The molecule has 1 aromatic carbocycles. The van der Waals surface area contributed by atoms with Gasteiger partial charge in [0, 0.05) is 31.2 Å². The number of benzene rings is 1. The van der Waals surface area contributed by atoms with Gasteiger partial charge >= 0.3 is 6.09 Å². The van der Waals surface area contributed by atoms with Gasteiger partial charge in [-0.05, 0) is 67.9 Å². The number of aliphatic hydroxyl groups is 2. The van der Waals surface area contributed by atoms with Crippen molar-refractivity contribution >= 4 is 23.3 Å². The van der Waals surface area contributed by atoms with Crippen molar-refractivity contribution in [1.82, 2.24) is 9.80 Å². The SMILES string of the molecule is CC1(C)CC(c2ccc(Cl)cc2)=C(CN2CCN(C(=O)OC(C)(C)C)C[C@H]2CO)[C@H](O)C1. The second-order valence-corrected chi connectivity index (χ2v) is 11.2. The second-order valence-electron chi connectivity index (χ2n) is 10.8. The van der Waals surface area contributed by atoms with Crippen molar-refractivity contribution < 1.29 is 19.7 Å². The molecule has 3 rings (SSSR count). The van der Waals surface area contributed by atoms with Gasteiger partial charge in [0.1, 0.15) is 5.60 Å². The maximum absolute atomic E-state index is 12.5. The van der Waals surface area contributed by atoms with Crippen LogP contribution in [0, 0.1) is 5.41 Å². The van der Waals surface area contributed by atoms with Crippen LogP contribution in [0.15, 0.2) is 29.8 Å². The Morgan fingerprint density at radius 3 is 2.47 bits per heavy atom. The van der Waals surface area contributed by atoms with Crippen molar-refractivity contribution in [3.63, 3.8) is 0 Å². The molecule has 1 aliphatic heterocycles. The van der Waals surface area contributed by atoms with E-state index in [4.69, 9.17) is 16.3 Å². The third-order valence-corrected chi connectivity index (χ3v) is 6.48. The van der Waals surface area contributed by atoms with Crippen molar-refractivity contribution in [3.8, 4) is 0 Å². The highest BCUT2D eigenvalue weighted by Crippen LogP contribution is 2.43. The summed E-state index contributed by atoms with van der Waals surface area (Å²) in [7, 11) is 0. The number of amides is 1. The van der Waals surface area contributed by atoms with Crippen LogP contribution < -0.4 is 0 Å². The van der Waals surface area contributed by atoms with Gasteiger partial charge < -0.3 is 19.8 Å². The molecule has 0 spiro atoms. The molecule has 0 bridgehead atoms. The lowest BCUT2D eigenvalue weighted by Crippen LogP contribution is -2.57. The number of rotatable bonds is 4. The van der Waals surface area contributed by atoms with Gasteiger partial charge in [-0.15, -0.1) is 0 Å². The maximum atomic E-state index is 12.5. The standard InChI is InChI=1S/C25H37ClN2O4/c1-24(2,3)32-23(31)28-11-10-27(19(14-28)16-29)15-21-20(12-25(4,5)13-22(21)30)17-6-8-18(26)9-7-17/h6-9,19,22,29-30H,10-16H2,1-5H3/t19-,22+/m0/s1. The van der Waals surface area contributed by atoms with E-state index in [0.29, 0.717) is 37.6 Å². The Hall–Kier alpha value is -1.60. The van der Waals surface area contributed by atoms with Crippen molar-refractivity contribution in [1.29, 1.82) is 0 Å². The van der Waals surface area contributed by atoms with Crippen molar-refractivity contribution in [2.75, 3.05) is 32.8 Å². The Labute approximate surface area is 196 Å². The molecule has 0 aromatic heterocycles. The quantitative estimate of drug-likeness (QED) is 0.699. The minimum atomic E-state index is -0.555. The first-order valence-electron chi connectivity index (χ1n) is 11.4. The average Bonchev–Trinajstić information content (AvgIpc) is 2.68. The number of ether oxygens (including phenoxy) is 1. The predicted molar refractivity (Wildman–Crippen MR) is 128 cm³/mol. The average molecular weight is 465 g/mol. The van der Waals surface area contributed by atoms with E-state index >= 15 is 0 Å². The third kappa shape index (κ3) is 6.25. The largest absolute Gasteiger partial charge is 0.444 e. The molecule has 2 N–H and O–H groups in total. The highest BCUT2D eigenvalue weighted by Gasteiger charge is 2.37. The second kappa shape index (κ2) is 9.72. The molecule has 7 heteroatoms. The smallest absolute Gasteiger partial charge is 0.410 e. The van der Waals surface area contributed by atoms with Crippen LogP contribution in [-0.2, 0) is 4.74 Å². The molecule has 1 fully saturated rings. The maximum Gasteiger partial charge on any atom is 0.410 e. The zero-order chi connectivity index (χ0) is 23.7. The van der Waals surface area contributed by atoms with Gasteiger partial charge in [0.2, 0.25) is 0 Å². The molecule has 2 atom stereocenters. The fourth-order valence-corrected chi connectivity index (χ4v) is 4.76. The first-order valence-corrected chi connectivity index (χ1v) is 11.7. The molecule has 0 saturated carbocycles. The minimum Gasteiger partial charge on any atom is -0.444 e. The van der Waals surface area contributed by atoms with Gasteiger partial charge in [-0.25, -0.2) is 4.79 Å². The first-order chi connectivity index (χ1) is 14.9. The van der Waals surface area contributed by atoms with Gasteiger partial charge in [0.15, 0.2) is 0 Å². The van der Waals surface area contributed by atoms with Crippen LogP contribution in [0.1, 0.15) is 53.0 Å². The summed E-state index contributed by atoms with van der Waals surface area (Å²) in [6.45, 7) is 11.9. The van der Waals surface area contributed by atoms with Gasteiger partial charge in [0.25, 0.3) is 0 Å². The van der Waals surface area contributed by atoms with Crippen LogP contribution >= 0.6 is 11.6 Å². The van der Waals surface area contributed by atoms with Crippen LogP contribution in [0.3, 0.4) is 0 Å². The van der Waals surface area contributed by atoms with E-state index in [-0.39, 0.29) is 24.2 Å². The summed E-state index contributed by atoms with van der Waals surface area (Å²) in [5.74, 6) is 0. The number of nitrogens with zero attached hydrogens (tertiary/aromatic N) is 2. The fourth-order valence-electron chi connectivity index (χ4n) is 4.64. The first kappa shape index (κ1) is 25.0. The number of carbonyl (C=O) groups excluding carboxylic acids is 1. The Balaban J connectivity index is 1.82. The monoisotopic (exact) mass is 464 g/mol. The van der Waals surface area contributed by atoms with Crippen LogP contribution in [0.2, 0.25) is 5.02 Å². The molecule has 2 aliphatic rings. The Morgan fingerprint density at radius 2 is 1.88 bits per heavy atom. The molecular formula is C25H37ClN2O4. The minimum absolute atomic E-state index is 0.0102. The van der Waals surface area contributed by atoms with Crippen molar-refractivity contribution in [2.45, 2.75) is 65.2 Å². The van der Waals surface area contributed by atoms with E-state index < -0.39 is 11.7 Å². The number of aliphatic hydroxyl groups excluding tert-OH is 2. The number of hydrogen-bond donors (Lipinski definition) is 2. The van der Waals surface area contributed by atoms with Crippen molar-refractivity contribution in [3.05, 3.63) is 40.4 Å². The number of hydrogen-bond acceptors (Lipinski definition) is 5. The van der Waals surface area contributed by atoms with Crippen molar-refractivity contribution in [2.24, 2.45) is 5.41 Å². The molecule has 178 valence electrons. The Kier molecular flexibility index (Phi) is 7.60. The molecule has 1 aliphatic carbocycles. The van der Waals surface area contributed by atoms with Gasteiger partial charge in [-0.3, -0.25) is 4.90 Å². The van der Waals surface area contributed by atoms with Crippen LogP contribution in [0.25, 0.3) is 5.57 Å². The summed E-state index contributed by atoms with van der Waals surface area (Å²) < 4.78 is 5.51. The molecule has 1 saturated heterocycles. The highest BCUT2D eigenvalue weighted by molar-refractivity contribution is 6.30. The van der Waals surface area contributed by atoms with E-state index in [1.807, 2.05) is 45.0 Å². The summed E-state index contributed by atoms with van der Waals surface area (Å²) in [5.41, 5.74) is 2.65.